The van der Waals surface area contributed by atoms with E-state index in [0.717, 1.165) is 5.69 Å². The van der Waals surface area contributed by atoms with Crippen LogP contribution in [0.25, 0.3) is 5.57 Å². The van der Waals surface area contributed by atoms with E-state index in [4.69, 9.17) is 10.2 Å². The second-order valence-corrected chi connectivity index (χ2v) is 2.12. The Kier molecular flexibility index (Phi) is 2.11. The second-order valence-electron chi connectivity index (χ2n) is 2.12. The van der Waals surface area contributed by atoms with Gasteiger partial charge in [-0.05, 0) is 6.92 Å². The summed E-state index contributed by atoms with van der Waals surface area (Å²) in [5, 5.41) is 0. The van der Waals surface area contributed by atoms with E-state index in [-0.39, 0.29) is 0 Å². The molecule has 0 spiro atoms. The van der Waals surface area contributed by atoms with Crippen LogP contribution in [-0.4, -0.2) is 4.98 Å². The highest BCUT2D eigenvalue weighted by molar-refractivity contribution is 5.67. The summed E-state index contributed by atoms with van der Waals surface area (Å²) in [5.74, 6) is 0.514. The van der Waals surface area contributed by atoms with Gasteiger partial charge in [0.25, 0.3) is 0 Å². The molecule has 0 fully saturated rings. The smallest absolute Gasteiger partial charge is 0.227 e. The fraction of sp³-hybridized carbons (Fsp3) is 0.125. The van der Waals surface area contributed by atoms with Gasteiger partial charge in [0, 0.05) is 6.20 Å². The van der Waals surface area contributed by atoms with Crippen LogP contribution < -0.4 is 5.73 Å². The topological polar surface area (TPSA) is 52.0 Å². The van der Waals surface area contributed by atoms with E-state index in [9.17, 15) is 0 Å². The minimum atomic E-state index is 0.514. The highest BCUT2D eigenvalue weighted by Gasteiger charge is 2.02. The lowest BCUT2D eigenvalue weighted by atomic mass is 10.3. The molecule has 0 aliphatic rings. The molecule has 3 heteroatoms. The zero-order valence-corrected chi connectivity index (χ0v) is 6.37. The maximum atomic E-state index is 5.29. The van der Waals surface area contributed by atoms with Gasteiger partial charge in [0.2, 0.25) is 5.89 Å². The van der Waals surface area contributed by atoms with E-state index in [1.165, 1.54) is 6.20 Å². The summed E-state index contributed by atoms with van der Waals surface area (Å²) in [6.45, 7) is 5.42. The molecule has 0 saturated carbocycles. The Morgan fingerprint density at radius 1 is 1.82 bits per heavy atom. The number of hydrogen-bond donors (Lipinski definition) is 1. The zero-order chi connectivity index (χ0) is 8.27. The van der Waals surface area contributed by atoms with Crippen molar-refractivity contribution in [1.29, 1.82) is 0 Å². The van der Waals surface area contributed by atoms with E-state index in [0.29, 0.717) is 11.5 Å². The van der Waals surface area contributed by atoms with Crippen molar-refractivity contribution in [2.45, 2.75) is 6.92 Å². The summed E-state index contributed by atoms with van der Waals surface area (Å²) in [7, 11) is 0. The van der Waals surface area contributed by atoms with E-state index < -0.39 is 0 Å². The maximum Gasteiger partial charge on any atom is 0.227 e. The molecular weight excluding hydrogens is 140 g/mol. The molecule has 0 radical (unpaired) electrons. The SMILES string of the molecule is C=C/C(=C\N)c1nc(C)co1. The van der Waals surface area contributed by atoms with Crippen molar-refractivity contribution in [3.8, 4) is 0 Å². The Labute approximate surface area is 65.2 Å². The van der Waals surface area contributed by atoms with Gasteiger partial charge in [0.15, 0.2) is 0 Å². The first kappa shape index (κ1) is 7.60. The zero-order valence-electron chi connectivity index (χ0n) is 6.37. The van der Waals surface area contributed by atoms with Crippen molar-refractivity contribution in [3.63, 3.8) is 0 Å². The third kappa shape index (κ3) is 1.49. The van der Waals surface area contributed by atoms with E-state index >= 15 is 0 Å². The fourth-order valence-corrected chi connectivity index (χ4v) is 0.713. The van der Waals surface area contributed by atoms with Crippen molar-refractivity contribution < 1.29 is 4.42 Å². The van der Waals surface area contributed by atoms with E-state index in [1.807, 2.05) is 6.92 Å². The molecule has 0 atom stereocenters. The van der Waals surface area contributed by atoms with Gasteiger partial charge < -0.3 is 10.2 Å². The molecule has 0 aromatic carbocycles. The average Bonchev–Trinajstić information content (AvgIpc) is 2.39. The number of nitrogens with two attached hydrogens (primary N) is 1. The Bertz CT molecular complexity index is 286. The van der Waals surface area contributed by atoms with Crippen LogP contribution in [0.15, 0.2) is 29.5 Å². The van der Waals surface area contributed by atoms with Crippen LogP contribution in [0.4, 0.5) is 0 Å². The molecule has 58 valence electrons. The fourth-order valence-electron chi connectivity index (χ4n) is 0.713. The van der Waals surface area contributed by atoms with Gasteiger partial charge in [-0.15, -0.1) is 0 Å². The van der Waals surface area contributed by atoms with Crippen LogP contribution in [0.5, 0.6) is 0 Å². The van der Waals surface area contributed by atoms with Crippen molar-refractivity contribution in [3.05, 3.63) is 36.7 Å². The molecule has 1 aromatic rings. The Morgan fingerprint density at radius 3 is 2.91 bits per heavy atom. The van der Waals surface area contributed by atoms with Gasteiger partial charge in [-0.3, -0.25) is 0 Å². The number of aromatic nitrogens is 1. The standard InChI is InChI=1S/C8H10N2O/c1-3-7(4-9)8-10-6(2)5-11-8/h3-5H,1,9H2,2H3/b7-4+. The quantitative estimate of drug-likeness (QED) is 0.649. The lowest BCUT2D eigenvalue weighted by Gasteiger charge is -1.90. The van der Waals surface area contributed by atoms with Crippen molar-refractivity contribution in [2.24, 2.45) is 5.73 Å². The maximum absolute atomic E-state index is 5.29. The minimum Gasteiger partial charge on any atom is -0.444 e. The first-order valence-corrected chi connectivity index (χ1v) is 3.24. The average molecular weight is 150 g/mol. The molecule has 1 aromatic heterocycles. The monoisotopic (exact) mass is 150 g/mol. The molecule has 0 aliphatic carbocycles. The van der Waals surface area contributed by atoms with Crippen LogP contribution in [-0.2, 0) is 0 Å². The van der Waals surface area contributed by atoms with Crippen molar-refractivity contribution in [2.75, 3.05) is 0 Å². The van der Waals surface area contributed by atoms with Crippen molar-refractivity contribution >= 4 is 5.57 Å². The Balaban J connectivity index is 3.00. The molecule has 11 heavy (non-hydrogen) atoms. The van der Waals surface area contributed by atoms with Gasteiger partial charge in [-0.2, -0.15) is 0 Å². The first-order valence-electron chi connectivity index (χ1n) is 3.24. The molecular formula is C8H10N2O. The predicted octanol–water partition coefficient (Wildman–Crippen LogP) is 1.47. The normalized spacial score (nSPS) is 11.5. The van der Waals surface area contributed by atoms with Crippen LogP contribution in [0.1, 0.15) is 11.6 Å². The number of aryl methyl sites for hydroxylation is 1. The number of hydrogen-bond acceptors (Lipinski definition) is 3. The number of rotatable bonds is 2. The molecule has 3 nitrogen and oxygen atoms in total. The molecule has 1 heterocycles. The summed E-state index contributed by atoms with van der Waals surface area (Å²) < 4.78 is 5.08. The van der Waals surface area contributed by atoms with Crippen LogP contribution in [0.2, 0.25) is 0 Å². The third-order valence-electron chi connectivity index (χ3n) is 1.27. The molecule has 0 unspecified atom stereocenters. The molecule has 1 rings (SSSR count). The largest absolute Gasteiger partial charge is 0.444 e. The van der Waals surface area contributed by atoms with E-state index in [1.54, 1.807) is 12.3 Å². The minimum absolute atomic E-state index is 0.514. The number of nitrogens with zero attached hydrogens (tertiary/aromatic N) is 1. The van der Waals surface area contributed by atoms with Crippen LogP contribution in [0, 0.1) is 6.92 Å². The molecule has 0 aliphatic heterocycles. The lowest BCUT2D eigenvalue weighted by molar-refractivity contribution is 0.542. The summed E-state index contributed by atoms with van der Waals surface area (Å²) in [6.07, 6.45) is 4.59. The second kappa shape index (κ2) is 3.05. The van der Waals surface area contributed by atoms with Gasteiger partial charge in [-0.25, -0.2) is 4.98 Å². The summed E-state index contributed by atoms with van der Waals surface area (Å²) in [4.78, 5) is 4.07. The number of allylic oxidation sites excluding steroid dienone is 2. The van der Waals surface area contributed by atoms with Gasteiger partial charge >= 0.3 is 0 Å². The summed E-state index contributed by atoms with van der Waals surface area (Å²) in [5.41, 5.74) is 6.83. The van der Waals surface area contributed by atoms with Gasteiger partial charge in [0.1, 0.15) is 6.26 Å². The lowest BCUT2D eigenvalue weighted by Crippen LogP contribution is -1.86. The van der Waals surface area contributed by atoms with Gasteiger partial charge in [0.05, 0.1) is 11.3 Å². The van der Waals surface area contributed by atoms with E-state index in [2.05, 4.69) is 11.6 Å². The highest BCUT2D eigenvalue weighted by Crippen LogP contribution is 2.12. The summed E-state index contributed by atoms with van der Waals surface area (Å²) in [6, 6.07) is 0. The van der Waals surface area contributed by atoms with Crippen LogP contribution >= 0.6 is 0 Å². The highest BCUT2D eigenvalue weighted by atomic mass is 16.3. The van der Waals surface area contributed by atoms with Crippen LogP contribution in [0.3, 0.4) is 0 Å². The molecule has 2 N–H and O–H groups in total. The summed E-state index contributed by atoms with van der Waals surface area (Å²) >= 11 is 0. The predicted molar refractivity (Wildman–Crippen MR) is 43.6 cm³/mol. The third-order valence-corrected chi connectivity index (χ3v) is 1.27. The molecule has 0 amide bonds. The Morgan fingerprint density at radius 2 is 2.55 bits per heavy atom. The first-order chi connectivity index (χ1) is 5.27. The van der Waals surface area contributed by atoms with Gasteiger partial charge in [-0.1, -0.05) is 12.7 Å². The van der Waals surface area contributed by atoms with Crippen molar-refractivity contribution in [1.82, 2.24) is 4.98 Å². The molecule has 0 bridgehead atoms. The Hall–Kier alpha value is -1.51. The number of oxazole rings is 1. The molecule has 0 saturated heterocycles.